The highest BCUT2D eigenvalue weighted by molar-refractivity contribution is 5.74. The van der Waals surface area contributed by atoms with Crippen LogP contribution in [-0.2, 0) is 6.54 Å². The molecule has 0 radical (unpaired) electrons. The van der Waals surface area contributed by atoms with Gasteiger partial charge in [0.05, 0.1) is 18.2 Å². The van der Waals surface area contributed by atoms with Gasteiger partial charge in [0.25, 0.3) is 0 Å². The number of rotatable bonds is 5. The Labute approximate surface area is 150 Å². The standard InChI is InChI=1S/C20H30N2O3/c23-19-12-5-4-11-18(19)22-20(24)21-14-15-7-6-10-17(13-15)25-16-8-2-1-3-9-16/h6-7,10,13,16,18-19,23H,1-5,8-9,11-12,14H2,(H2,21,22,24). The number of aliphatic hydroxyl groups is 1. The highest BCUT2D eigenvalue weighted by Gasteiger charge is 2.24. The minimum absolute atomic E-state index is 0.130. The Morgan fingerprint density at radius 3 is 2.64 bits per heavy atom. The van der Waals surface area contributed by atoms with Gasteiger partial charge in [-0.25, -0.2) is 4.79 Å². The van der Waals surface area contributed by atoms with Crippen molar-refractivity contribution >= 4 is 6.03 Å². The van der Waals surface area contributed by atoms with E-state index in [2.05, 4.69) is 10.6 Å². The maximum atomic E-state index is 12.1. The molecule has 3 N–H and O–H groups in total. The minimum atomic E-state index is -0.424. The summed E-state index contributed by atoms with van der Waals surface area (Å²) in [7, 11) is 0. The summed E-state index contributed by atoms with van der Waals surface area (Å²) < 4.78 is 6.08. The molecule has 0 spiro atoms. The van der Waals surface area contributed by atoms with Crippen molar-refractivity contribution in [2.45, 2.75) is 82.6 Å². The molecule has 2 unspecified atom stereocenters. The number of carbonyl (C=O) groups is 1. The summed E-state index contributed by atoms with van der Waals surface area (Å²) >= 11 is 0. The van der Waals surface area contributed by atoms with Gasteiger partial charge in [-0.2, -0.15) is 0 Å². The third kappa shape index (κ3) is 5.63. The Kier molecular flexibility index (Phi) is 6.56. The topological polar surface area (TPSA) is 70.6 Å². The predicted octanol–water partition coefficient (Wildman–Crippen LogP) is 3.50. The van der Waals surface area contributed by atoms with Gasteiger partial charge >= 0.3 is 6.03 Å². The minimum Gasteiger partial charge on any atom is -0.490 e. The summed E-state index contributed by atoms with van der Waals surface area (Å²) in [4.78, 5) is 12.1. The number of nitrogens with one attached hydrogen (secondary N) is 2. The van der Waals surface area contributed by atoms with Crippen molar-refractivity contribution in [1.29, 1.82) is 0 Å². The Morgan fingerprint density at radius 2 is 1.84 bits per heavy atom. The molecule has 2 saturated carbocycles. The van der Waals surface area contributed by atoms with E-state index in [0.29, 0.717) is 12.6 Å². The van der Waals surface area contributed by atoms with E-state index in [0.717, 1.165) is 49.8 Å². The fourth-order valence-electron chi connectivity index (χ4n) is 3.79. The van der Waals surface area contributed by atoms with Gasteiger partial charge in [0, 0.05) is 6.54 Å². The van der Waals surface area contributed by atoms with Gasteiger partial charge in [-0.05, 0) is 56.2 Å². The molecule has 1 aromatic carbocycles. The van der Waals surface area contributed by atoms with E-state index >= 15 is 0 Å². The van der Waals surface area contributed by atoms with Crippen LogP contribution >= 0.6 is 0 Å². The SMILES string of the molecule is O=C(NCc1cccc(OC2CCCCC2)c1)NC1CCCCC1O. The van der Waals surface area contributed by atoms with Crippen LogP contribution in [0, 0.1) is 0 Å². The van der Waals surface area contributed by atoms with Gasteiger partial charge in [0.1, 0.15) is 5.75 Å². The number of benzene rings is 1. The number of hydrogen-bond donors (Lipinski definition) is 3. The van der Waals surface area contributed by atoms with Gasteiger partial charge in [-0.3, -0.25) is 0 Å². The van der Waals surface area contributed by atoms with E-state index in [1.807, 2.05) is 24.3 Å². The molecule has 1 aromatic rings. The van der Waals surface area contributed by atoms with Crippen LogP contribution in [0.5, 0.6) is 5.75 Å². The Bertz CT molecular complexity index is 558. The first kappa shape index (κ1) is 18.1. The largest absolute Gasteiger partial charge is 0.490 e. The molecule has 2 aliphatic rings. The predicted molar refractivity (Wildman–Crippen MR) is 97.6 cm³/mol. The van der Waals surface area contributed by atoms with E-state index in [4.69, 9.17) is 4.74 Å². The van der Waals surface area contributed by atoms with Crippen LogP contribution in [-0.4, -0.2) is 29.4 Å². The zero-order chi connectivity index (χ0) is 17.5. The van der Waals surface area contributed by atoms with Crippen LogP contribution in [0.25, 0.3) is 0 Å². The number of ether oxygens (including phenoxy) is 1. The average molecular weight is 346 g/mol. The first-order chi connectivity index (χ1) is 12.2. The number of urea groups is 1. The van der Waals surface area contributed by atoms with Crippen molar-refractivity contribution in [3.63, 3.8) is 0 Å². The van der Waals surface area contributed by atoms with Crippen molar-refractivity contribution in [3.05, 3.63) is 29.8 Å². The summed E-state index contributed by atoms with van der Waals surface area (Å²) in [5, 5.41) is 15.7. The normalized spacial score (nSPS) is 24.5. The molecule has 3 rings (SSSR count). The lowest BCUT2D eigenvalue weighted by molar-refractivity contribution is 0.0943. The second kappa shape index (κ2) is 9.09. The second-order valence-corrected chi connectivity index (χ2v) is 7.31. The van der Waals surface area contributed by atoms with Crippen molar-refractivity contribution in [2.24, 2.45) is 0 Å². The Morgan fingerprint density at radius 1 is 1.08 bits per heavy atom. The van der Waals surface area contributed by atoms with Crippen molar-refractivity contribution < 1.29 is 14.6 Å². The van der Waals surface area contributed by atoms with Crippen LogP contribution in [0.15, 0.2) is 24.3 Å². The molecule has 138 valence electrons. The molecule has 0 heterocycles. The van der Waals surface area contributed by atoms with Crippen LogP contribution in [0.3, 0.4) is 0 Å². The summed E-state index contributed by atoms with van der Waals surface area (Å²) in [6.45, 7) is 0.455. The van der Waals surface area contributed by atoms with Crippen molar-refractivity contribution in [2.75, 3.05) is 0 Å². The maximum absolute atomic E-state index is 12.1. The fourth-order valence-corrected chi connectivity index (χ4v) is 3.79. The summed E-state index contributed by atoms with van der Waals surface area (Å²) in [5.41, 5.74) is 1.02. The van der Waals surface area contributed by atoms with Gasteiger partial charge < -0.3 is 20.5 Å². The van der Waals surface area contributed by atoms with Crippen LogP contribution < -0.4 is 15.4 Å². The van der Waals surface area contributed by atoms with Gasteiger partial charge in [-0.15, -0.1) is 0 Å². The number of amides is 2. The van der Waals surface area contributed by atoms with E-state index in [1.54, 1.807) is 0 Å². The van der Waals surface area contributed by atoms with E-state index < -0.39 is 6.10 Å². The maximum Gasteiger partial charge on any atom is 0.315 e. The first-order valence-electron chi connectivity index (χ1n) is 9.69. The average Bonchev–Trinajstić information content (AvgIpc) is 2.63. The molecule has 0 bridgehead atoms. The van der Waals surface area contributed by atoms with Gasteiger partial charge in [-0.1, -0.05) is 31.4 Å². The summed E-state index contributed by atoms with van der Waals surface area (Å²) in [5.74, 6) is 0.884. The third-order valence-corrected chi connectivity index (χ3v) is 5.25. The van der Waals surface area contributed by atoms with Crippen molar-refractivity contribution in [3.8, 4) is 5.75 Å². The van der Waals surface area contributed by atoms with Crippen molar-refractivity contribution in [1.82, 2.24) is 10.6 Å². The highest BCUT2D eigenvalue weighted by Crippen LogP contribution is 2.24. The van der Waals surface area contributed by atoms with E-state index in [-0.39, 0.29) is 12.1 Å². The lowest BCUT2D eigenvalue weighted by Gasteiger charge is -2.28. The third-order valence-electron chi connectivity index (χ3n) is 5.25. The molecular weight excluding hydrogens is 316 g/mol. The Hall–Kier alpha value is -1.75. The zero-order valence-electron chi connectivity index (χ0n) is 14.9. The molecule has 2 aliphatic carbocycles. The molecular formula is C20H30N2O3. The summed E-state index contributed by atoms with van der Waals surface area (Å²) in [6, 6.07) is 7.60. The molecule has 2 atom stereocenters. The van der Waals surface area contributed by atoms with Gasteiger partial charge in [0.15, 0.2) is 0 Å². The lowest BCUT2D eigenvalue weighted by Crippen LogP contribution is -2.48. The van der Waals surface area contributed by atoms with E-state index in [9.17, 15) is 9.90 Å². The van der Waals surface area contributed by atoms with Crippen LogP contribution in [0.2, 0.25) is 0 Å². The number of carbonyl (C=O) groups excluding carboxylic acids is 1. The monoisotopic (exact) mass is 346 g/mol. The Balaban J connectivity index is 1.45. The molecule has 0 aliphatic heterocycles. The molecule has 5 nitrogen and oxygen atoms in total. The van der Waals surface area contributed by atoms with Gasteiger partial charge in [0.2, 0.25) is 0 Å². The number of hydrogen-bond acceptors (Lipinski definition) is 3. The summed E-state index contributed by atoms with van der Waals surface area (Å²) in [6.07, 6.45) is 9.69. The number of aliphatic hydroxyl groups excluding tert-OH is 1. The molecule has 5 heteroatoms. The lowest BCUT2D eigenvalue weighted by atomic mass is 9.93. The fraction of sp³-hybridized carbons (Fsp3) is 0.650. The highest BCUT2D eigenvalue weighted by atomic mass is 16.5. The molecule has 2 amide bonds. The molecule has 2 fully saturated rings. The van der Waals surface area contributed by atoms with E-state index in [1.165, 1.54) is 19.3 Å². The molecule has 25 heavy (non-hydrogen) atoms. The first-order valence-corrected chi connectivity index (χ1v) is 9.69. The quantitative estimate of drug-likeness (QED) is 0.764. The second-order valence-electron chi connectivity index (χ2n) is 7.31. The van der Waals surface area contributed by atoms with Crippen LogP contribution in [0.1, 0.15) is 63.4 Å². The molecule has 0 aromatic heterocycles. The smallest absolute Gasteiger partial charge is 0.315 e. The zero-order valence-corrected chi connectivity index (χ0v) is 14.9. The molecule has 0 saturated heterocycles. The van der Waals surface area contributed by atoms with Crippen LogP contribution in [0.4, 0.5) is 4.79 Å².